The minimum Gasteiger partial charge on any atom is -0.484 e. The first-order valence-corrected chi connectivity index (χ1v) is 9.63. The van der Waals surface area contributed by atoms with Gasteiger partial charge in [0.1, 0.15) is 5.75 Å². The summed E-state index contributed by atoms with van der Waals surface area (Å²) in [5.41, 5.74) is 1.14. The molecule has 1 N–H and O–H groups in total. The Hall–Kier alpha value is -2.08. The van der Waals surface area contributed by atoms with Crippen molar-refractivity contribution in [2.75, 3.05) is 26.3 Å². The van der Waals surface area contributed by atoms with E-state index in [0.717, 1.165) is 30.1 Å². The molecule has 0 bridgehead atoms. The first-order valence-electron chi connectivity index (χ1n) is 9.26. The van der Waals surface area contributed by atoms with Crippen molar-refractivity contribution in [3.63, 3.8) is 0 Å². The van der Waals surface area contributed by atoms with Crippen LogP contribution in [0.15, 0.2) is 54.6 Å². The monoisotopic (exact) mass is 386 g/mol. The van der Waals surface area contributed by atoms with Gasteiger partial charge in [-0.25, -0.2) is 0 Å². The lowest BCUT2D eigenvalue weighted by molar-refractivity contribution is -0.123. The zero-order valence-electron chi connectivity index (χ0n) is 15.0. The van der Waals surface area contributed by atoms with E-state index >= 15 is 0 Å². The smallest absolute Gasteiger partial charge is 0.258 e. The summed E-state index contributed by atoms with van der Waals surface area (Å²) < 4.78 is 11.6. The number of nitrogens with one attached hydrogen (secondary N) is 1. The highest BCUT2D eigenvalue weighted by molar-refractivity contribution is 6.30. The second-order valence-corrected chi connectivity index (χ2v) is 7.52. The predicted octanol–water partition coefficient (Wildman–Crippen LogP) is 3.05. The van der Waals surface area contributed by atoms with Crippen molar-refractivity contribution in [3.8, 4) is 5.75 Å². The standard InChI is InChI=1S/C21H23ClN2O3/c22-16-8-6-15(7-9-16)20-12-24-11-17(10-18(24)13-27-20)23-21(25)14-26-19-4-2-1-3-5-19/h1-9,17-18,20H,10-14H2,(H,23,25)/t17-,18-,20+/m0/s1. The minimum absolute atomic E-state index is 0.0368. The Kier molecular flexibility index (Phi) is 5.62. The normalized spacial score (nSPS) is 25.0. The third-order valence-corrected chi connectivity index (χ3v) is 5.39. The van der Waals surface area contributed by atoms with Gasteiger partial charge < -0.3 is 14.8 Å². The van der Waals surface area contributed by atoms with Crippen molar-refractivity contribution in [1.29, 1.82) is 0 Å². The molecule has 2 aliphatic rings. The molecule has 4 rings (SSSR count). The average molecular weight is 387 g/mol. The fourth-order valence-electron chi connectivity index (χ4n) is 3.79. The number of fused-ring (bicyclic) bond motifs is 1. The number of nitrogens with zero attached hydrogens (tertiary/aromatic N) is 1. The summed E-state index contributed by atoms with van der Waals surface area (Å²) in [5.74, 6) is 0.620. The number of rotatable bonds is 5. The molecule has 27 heavy (non-hydrogen) atoms. The Bertz CT molecular complexity index is 769. The van der Waals surface area contributed by atoms with E-state index in [-0.39, 0.29) is 24.7 Å². The van der Waals surface area contributed by atoms with Gasteiger partial charge in [0.05, 0.1) is 12.7 Å². The Morgan fingerprint density at radius 3 is 2.70 bits per heavy atom. The van der Waals surface area contributed by atoms with Gasteiger partial charge in [-0.3, -0.25) is 9.69 Å². The molecule has 2 aliphatic heterocycles. The lowest BCUT2D eigenvalue weighted by atomic mass is 10.1. The van der Waals surface area contributed by atoms with Crippen LogP contribution in [-0.4, -0.2) is 49.2 Å². The number of hydrogen-bond acceptors (Lipinski definition) is 4. The predicted molar refractivity (Wildman–Crippen MR) is 104 cm³/mol. The fourth-order valence-corrected chi connectivity index (χ4v) is 3.92. The lowest BCUT2D eigenvalue weighted by Gasteiger charge is -2.35. The van der Waals surface area contributed by atoms with Gasteiger partial charge in [-0.05, 0) is 36.2 Å². The molecule has 0 saturated carbocycles. The van der Waals surface area contributed by atoms with Crippen molar-refractivity contribution in [1.82, 2.24) is 10.2 Å². The van der Waals surface area contributed by atoms with Crippen LogP contribution < -0.4 is 10.1 Å². The van der Waals surface area contributed by atoms with Gasteiger partial charge in [0.15, 0.2) is 6.61 Å². The van der Waals surface area contributed by atoms with Gasteiger partial charge in [0.2, 0.25) is 0 Å². The van der Waals surface area contributed by atoms with Gasteiger partial charge in [-0.2, -0.15) is 0 Å². The Morgan fingerprint density at radius 1 is 1.15 bits per heavy atom. The summed E-state index contributed by atoms with van der Waals surface area (Å²) in [6, 6.07) is 17.7. The molecule has 142 valence electrons. The van der Waals surface area contributed by atoms with Crippen LogP contribution in [-0.2, 0) is 9.53 Å². The first-order chi connectivity index (χ1) is 13.2. The number of ether oxygens (including phenoxy) is 2. The molecule has 2 fully saturated rings. The maximum absolute atomic E-state index is 12.2. The average Bonchev–Trinajstić information content (AvgIpc) is 3.09. The molecular formula is C21H23ClN2O3. The topological polar surface area (TPSA) is 50.8 Å². The molecule has 0 unspecified atom stereocenters. The third kappa shape index (κ3) is 4.61. The molecule has 0 aromatic heterocycles. The van der Waals surface area contributed by atoms with Crippen LogP contribution in [0.25, 0.3) is 0 Å². The van der Waals surface area contributed by atoms with Crippen molar-refractivity contribution >= 4 is 17.5 Å². The Labute approximate surface area is 164 Å². The van der Waals surface area contributed by atoms with E-state index in [4.69, 9.17) is 21.1 Å². The van der Waals surface area contributed by atoms with Gasteiger partial charge in [-0.15, -0.1) is 0 Å². The van der Waals surface area contributed by atoms with Gasteiger partial charge in [0.25, 0.3) is 5.91 Å². The molecule has 2 saturated heterocycles. The number of amides is 1. The van der Waals surface area contributed by atoms with E-state index in [0.29, 0.717) is 18.4 Å². The summed E-state index contributed by atoms with van der Waals surface area (Å²) in [4.78, 5) is 14.6. The van der Waals surface area contributed by atoms with Gasteiger partial charge in [-0.1, -0.05) is 41.9 Å². The van der Waals surface area contributed by atoms with Crippen LogP contribution in [0.5, 0.6) is 5.75 Å². The largest absolute Gasteiger partial charge is 0.484 e. The van der Waals surface area contributed by atoms with E-state index < -0.39 is 0 Å². The van der Waals surface area contributed by atoms with Crippen molar-refractivity contribution in [2.45, 2.75) is 24.6 Å². The molecule has 2 heterocycles. The highest BCUT2D eigenvalue weighted by Crippen LogP contribution is 2.30. The second-order valence-electron chi connectivity index (χ2n) is 7.08. The van der Waals surface area contributed by atoms with Crippen LogP contribution in [0, 0.1) is 0 Å². The van der Waals surface area contributed by atoms with Crippen LogP contribution in [0.2, 0.25) is 5.02 Å². The molecule has 3 atom stereocenters. The maximum Gasteiger partial charge on any atom is 0.258 e. The summed E-state index contributed by atoms with van der Waals surface area (Å²) in [5, 5.41) is 3.82. The Balaban J connectivity index is 1.27. The summed E-state index contributed by atoms with van der Waals surface area (Å²) in [7, 11) is 0. The van der Waals surface area contributed by atoms with Crippen LogP contribution in [0.3, 0.4) is 0 Å². The molecular weight excluding hydrogens is 364 g/mol. The van der Waals surface area contributed by atoms with Crippen molar-refractivity contribution < 1.29 is 14.3 Å². The van der Waals surface area contributed by atoms with Crippen LogP contribution in [0.4, 0.5) is 0 Å². The molecule has 0 spiro atoms. The van der Waals surface area contributed by atoms with Gasteiger partial charge >= 0.3 is 0 Å². The van der Waals surface area contributed by atoms with Gasteiger partial charge in [0, 0.05) is 30.2 Å². The Morgan fingerprint density at radius 2 is 1.93 bits per heavy atom. The number of para-hydroxylation sites is 1. The SMILES string of the molecule is O=C(COc1ccccc1)N[C@H]1C[C@H]2CO[C@@H](c3ccc(Cl)cc3)CN2C1. The lowest BCUT2D eigenvalue weighted by Crippen LogP contribution is -2.43. The molecule has 5 nitrogen and oxygen atoms in total. The van der Waals surface area contributed by atoms with E-state index in [1.54, 1.807) is 0 Å². The van der Waals surface area contributed by atoms with Crippen molar-refractivity contribution in [3.05, 3.63) is 65.2 Å². The minimum atomic E-state index is -0.0844. The number of hydrogen-bond donors (Lipinski definition) is 1. The summed E-state index contributed by atoms with van der Waals surface area (Å²) in [6.45, 7) is 2.39. The number of carbonyl (C=O) groups is 1. The van der Waals surface area contributed by atoms with Crippen molar-refractivity contribution in [2.24, 2.45) is 0 Å². The zero-order valence-corrected chi connectivity index (χ0v) is 15.8. The first kappa shape index (κ1) is 18.3. The molecule has 0 aliphatic carbocycles. The number of halogens is 1. The number of carbonyl (C=O) groups excluding carboxylic acids is 1. The highest BCUT2D eigenvalue weighted by atomic mass is 35.5. The molecule has 2 aromatic rings. The van der Waals surface area contributed by atoms with E-state index in [2.05, 4.69) is 10.2 Å². The van der Waals surface area contributed by atoms with E-state index in [1.165, 1.54) is 0 Å². The number of morpholine rings is 1. The van der Waals surface area contributed by atoms with E-state index in [9.17, 15) is 4.79 Å². The second kappa shape index (κ2) is 8.30. The highest BCUT2D eigenvalue weighted by Gasteiger charge is 2.38. The molecule has 2 aromatic carbocycles. The van der Waals surface area contributed by atoms with Crippen LogP contribution in [0.1, 0.15) is 18.1 Å². The third-order valence-electron chi connectivity index (χ3n) is 5.14. The number of benzene rings is 2. The summed E-state index contributed by atoms with van der Waals surface area (Å²) >= 11 is 5.97. The summed E-state index contributed by atoms with van der Waals surface area (Å²) in [6.07, 6.45) is 0.958. The molecule has 0 radical (unpaired) electrons. The fraction of sp³-hybridized carbons (Fsp3) is 0.381. The maximum atomic E-state index is 12.2. The quantitative estimate of drug-likeness (QED) is 0.858. The zero-order chi connectivity index (χ0) is 18.6. The van der Waals surface area contributed by atoms with E-state index in [1.807, 2.05) is 54.6 Å². The molecule has 1 amide bonds. The van der Waals surface area contributed by atoms with Crippen LogP contribution >= 0.6 is 11.6 Å². The molecule has 6 heteroatoms.